The van der Waals surface area contributed by atoms with Gasteiger partial charge in [-0.15, -0.1) is 11.6 Å². The third-order valence-electron chi connectivity index (χ3n) is 4.72. The second kappa shape index (κ2) is 9.71. The number of halogens is 3. The topological polar surface area (TPSA) is 55.4 Å². The second-order valence-corrected chi connectivity index (χ2v) is 7.28. The predicted octanol–water partition coefficient (Wildman–Crippen LogP) is 5.58. The van der Waals surface area contributed by atoms with Crippen LogP contribution in [-0.2, 0) is 4.79 Å². The number of carbonyl (C=O) groups is 2. The van der Waals surface area contributed by atoms with E-state index in [2.05, 4.69) is 5.32 Å². The van der Waals surface area contributed by atoms with Crippen molar-refractivity contribution in [3.8, 4) is 16.9 Å². The van der Waals surface area contributed by atoms with Gasteiger partial charge in [0.05, 0.1) is 6.04 Å². The number of hydrogen-bond donors (Lipinski definition) is 1. The first kappa shape index (κ1) is 22.4. The van der Waals surface area contributed by atoms with Crippen molar-refractivity contribution >= 4 is 23.5 Å². The van der Waals surface area contributed by atoms with E-state index in [1.807, 2.05) is 31.2 Å². The average Bonchev–Trinajstić information content (AvgIpc) is 2.73. The molecule has 0 heterocycles. The van der Waals surface area contributed by atoms with Crippen LogP contribution in [0.4, 0.5) is 8.78 Å². The van der Waals surface area contributed by atoms with Gasteiger partial charge >= 0.3 is 5.97 Å². The Morgan fingerprint density at radius 2 is 1.61 bits per heavy atom. The maximum absolute atomic E-state index is 13.9. The van der Waals surface area contributed by atoms with Gasteiger partial charge in [-0.05, 0) is 53.4 Å². The summed E-state index contributed by atoms with van der Waals surface area (Å²) in [7, 11) is 0. The second-order valence-electron chi connectivity index (χ2n) is 6.97. The van der Waals surface area contributed by atoms with Crippen LogP contribution >= 0.6 is 11.6 Å². The number of rotatable bonds is 6. The molecule has 0 spiro atoms. The van der Waals surface area contributed by atoms with E-state index in [9.17, 15) is 18.4 Å². The Hall–Kier alpha value is -3.25. The zero-order chi connectivity index (χ0) is 22.5. The van der Waals surface area contributed by atoms with Crippen LogP contribution in [-0.4, -0.2) is 17.8 Å². The standard InChI is InChI=1S/C24H20ClF2NO3/c1-14-12-18(10-11-22(14)31-15(2)29)16-6-8-17(9-7-16)21(13-25)28-24(30)23-19(26)4-3-5-20(23)27/h3-12,21H,13H2,1-2H3,(H,28,30). The van der Waals surface area contributed by atoms with Crippen molar-refractivity contribution in [3.05, 3.63) is 89.0 Å². The van der Waals surface area contributed by atoms with Crippen molar-refractivity contribution in [3.63, 3.8) is 0 Å². The van der Waals surface area contributed by atoms with Gasteiger partial charge in [-0.3, -0.25) is 9.59 Å². The van der Waals surface area contributed by atoms with Crippen LogP contribution in [0.25, 0.3) is 11.1 Å². The highest BCUT2D eigenvalue weighted by Gasteiger charge is 2.21. The third-order valence-corrected chi connectivity index (χ3v) is 5.03. The lowest BCUT2D eigenvalue weighted by Gasteiger charge is -2.18. The number of amides is 1. The predicted molar refractivity (Wildman–Crippen MR) is 115 cm³/mol. The summed E-state index contributed by atoms with van der Waals surface area (Å²) in [6.07, 6.45) is 0. The van der Waals surface area contributed by atoms with Crippen molar-refractivity contribution < 1.29 is 23.1 Å². The number of aryl methyl sites for hydroxylation is 1. The number of alkyl halides is 1. The third kappa shape index (κ3) is 5.27. The molecule has 0 saturated carbocycles. The summed E-state index contributed by atoms with van der Waals surface area (Å²) in [5.74, 6) is -2.61. The monoisotopic (exact) mass is 443 g/mol. The highest BCUT2D eigenvalue weighted by Crippen LogP contribution is 2.28. The van der Waals surface area contributed by atoms with Crippen molar-refractivity contribution in [2.24, 2.45) is 0 Å². The van der Waals surface area contributed by atoms with Crippen LogP contribution in [0.5, 0.6) is 5.75 Å². The largest absolute Gasteiger partial charge is 0.426 e. The van der Waals surface area contributed by atoms with Gasteiger partial charge in [0.2, 0.25) is 0 Å². The van der Waals surface area contributed by atoms with Crippen LogP contribution < -0.4 is 10.1 Å². The number of carbonyl (C=O) groups excluding carboxylic acids is 2. The minimum atomic E-state index is -0.936. The number of ether oxygens (including phenoxy) is 1. The van der Waals surface area contributed by atoms with E-state index in [0.717, 1.165) is 28.8 Å². The Balaban J connectivity index is 1.79. The maximum Gasteiger partial charge on any atom is 0.308 e. The summed E-state index contributed by atoms with van der Waals surface area (Å²) in [4.78, 5) is 23.5. The number of nitrogens with one attached hydrogen (secondary N) is 1. The molecule has 0 radical (unpaired) electrons. The fourth-order valence-electron chi connectivity index (χ4n) is 3.16. The Morgan fingerprint density at radius 3 is 2.16 bits per heavy atom. The molecule has 4 nitrogen and oxygen atoms in total. The fourth-order valence-corrected chi connectivity index (χ4v) is 3.42. The quantitative estimate of drug-likeness (QED) is 0.307. The van der Waals surface area contributed by atoms with Gasteiger partial charge in [0.15, 0.2) is 0 Å². The van der Waals surface area contributed by atoms with Gasteiger partial charge in [-0.25, -0.2) is 8.78 Å². The molecule has 3 aromatic carbocycles. The number of hydrogen-bond acceptors (Lipinski definition) is 3. The molecule has 160 valence electrons. The molecule has 1 N–H and O–H groups in total. The van der Waals surface area contributed by atoms with Gasteiger partial charge in [0.1, 0.15) is 22.9 Å². The van der Waals surface area contributed by atoms with E-state index < -0.39 is 29.1 Å². The van der Waals surface area contributed by atoms with Gasteiger partial charge in [0.25, 0.3) is 5.91 Å². The van der Waals surface area contributed by atoms with Crippen molar-refractivity contribution in [2.75, 3.05) is 5.88 Å². The Bertz CT molecular complexity index is 1100. The SMILES string of the molecule is CC(=O)Oc1ccc(-c2ccc(C(CCl)NC(=O)c3c(F)cccc3F)cc2)cc1C. The van der Waals surface area contributed by atoms with Crippen molar-refractivity contribution in [2.45, 2.75) is 19.9 Å². The molecule has 0 bridgehead atoms. The summed E-state index contributed by atoms with van der Waals surface area (Å²) >= 11 is 6.01. The number of esters is 1. The molecule has 7 heteroatoms. The number of benzene rings is 3. The zero-order valence-corrected chi connectivity index (χ0v) is 17.7. The van der Waals surface area contributed by atoms with E-state index in [-0.39, 0.29) is 11.8 Å². The summed E-state index contributed by atoms with van der Waals surface area (Å²) in [6, 6.07) is 15.4. The summed E-state index contributed by atoms with van der Waals surface area (Å²) < 4.78 is 32.9. The highest BCUT2D eigenvalue weighted by molar-refractivity contribution is 6.18. The van der Waals surface area contributed by atoms with Gasteiger partial charge in [-0.1, -0.05) is 36.4 Å². The van der Waals surface area contributed by atoms with E-state index in [0.29, 0.717) is 11.3 Å². The lowest BCUT2D eigenvalue weighted by Crippen LogP contribution is -2.31. The molecule has 1 atom stereocenters. The maximum atomic E-state index is 13.9. The molecule has 31 heavy (non-hydrogen) atoms. The van der Waals surface area contributed by atoms with E-state index in [4.69, 9.17) is 16.3 Å². The van der Waals surface area contributed by atoms with Crippen LogP contribution in [0.1, 0.15) is 34.5 Å². The first-order chi connectivity index (χ1) is 14.8. The minimum absolute atomic E-state index is 0.0251. The van der Waals surface area contributed by atoms with Crippen LogP contribution in [0.2, 0.25) is 0 Å². The summed E-state index contributed by atoms with van der Waals surface area (Å²) in [5, 5.41) is 2.58. The first-order valence-electron chi connectivity index (χ1n) is 9.50. The molecule has 1 amide bonds. The normalized spacial score (nSPS) is 11.6. The molecular weight excluding hydrogens is 424 g/mol. The Morgan fingerprint density at radius 1 is 1.00 bits per heavy atom. The fraction of sp³-hybridized carbons (Fsp3) is 0.167. The van der Waals surface area contributed by atoms with E-state index in [1.54, 1.807) is 18.2 Å². The molecule has 3 rings (SSSR count). The molecule has 0 aliphatic heterocycles. The molecule has 0 aromatic heterocycles. The summed E-state index contributed by atoms with van der Waals surface area (Å²) in [5.41, 5.74) is 2.69. The Kier molecular flexibility index (Phi) is 7.02. The van der Waals surface area contributed by atoms with Gasteiger partial charge < -0.3 is 10.1 Å². The Labute approximate surface area is 183 Å². The molecule has 1 unspecified atom stereocenters. The summed E-state index contributed by atoms with van der Waals surface area (Å²) in [6.45, 7) is 3.19. The lowest BCUT2D eigenvalue weighted by molar-refractivity contribution is -0.131. The molecule has 0 aliphatic carbocycles. The van der Waals surface area contributed by atoms with Gasteiger partial charge in [-0.2, -0.15) is 0 Å². The van der Waals surface area contributed by atoms with E-state index in [1.165, 1.54) is 13.0 Å². The van der Waals surface area contributed by atoms with Crippen LogP contribution in [0, 0.1) is 18.6 Å². The molecule has 0 saturated heterocycles. The molecular formula is C24H20ClF2NO3. The molecule has 0 fully saturated rings. The van der Waals surface area contributed by atoms with Crippen molar-refractivity contribution in [1.82, 2.24) is 5.32 Å². The smallest absolute Gasteiger partial charge is 0.308 e. The highest BCUT2D eigenvalue weighted by atomic mass is 35.5. The average molecular weight is 444 g/mol. The van der Waals surface area contributed by atoms with Gasteiger partial charge in [0, 0.05) is 12.8 Å². The first-order valence-corrected chi connectivity index (χ1v) is 10.0. The van der Waals surface area contributed by atoms with Crippen molar-refractivity contribution in [1.29, 1.82) is 0 Å². The molecule has 0 aliphatic rings. The zero-order valence-electron chi connectivity index (χ0n) is 16.9. The van der Waals surface area contributed by atoms with Crippen LogP contribution in [0.15, 0.2) is 60.7 Å². The lowest BCUT2D eigenvalue weighted by atomic mass is 9.99. The van der Waals surface area contributed by atoms with Crippen LogP contribution in [0.3, 0.4) is 0 Å². The van der Waals surface area contributed by atoms with E-state index >= 15 is 0 Å². The molecule has 3 aromatic rings. The minimum Gasteiger partial charge on any atom is -0.426 e.